The molecule has 0 spiro atoms. The van der Waals surface area contributed by atoms with Crippen molar-refractivity contribution in [2.45, 2.75) is 12.8 Å². The molecule has 5 heteroatoms. The fraction of sp³-hybridized carbons (Fsp3) is 0.438. The number of aldehydes is 1. The molecule has 1 atom stereocenters. The smallest absolute Gasteiger partial charge is 0.242 e. The molecule has 1 saturated heterocycles. The predicted octanol–water partition coefficient (Wildman–Crippen LogP) is 1.45. The lowest BCUT2D eigenvalue weighted by Gasteiger charge is -2.31. The molecule has 1 aliphatic rings. The highest BCUT2D eigenvalue weighted by Crippen LogP contribution is 2.17. The number of carbonyl (C=O) groups is 2. The summed E-state index contributed by atoms with van der Waals surface area (Å²) in [6.07, 6.45) is 2.80. The number of carbonyl (C=O) groups excluding carboxylic acids is 2. The molecule has 1 fully saturated rings. The van der Waals surface area contributed by atoms with Crippen LogP contribution in [0.5, 0.6) is 0 Å². The second-order valence-corrected chi connectivity index (χ2v) is 5.25. The van der Waals surface area contributed by atoms with E-state index in [4.69, 9.17) is 5.26 Å². The molecule has 0 N–H and O–H groups in total. The van der Waals surface area contributed by atoms with Gasteiger partial charge < -0.3 is 4.79 Å². The number of hydrogen-bond donors (Lipinski definition) is 0. The minimum Gasteiger partial charge on any atom is -0.303 e. The Morgan fingerprint density at radius 1 is 1.43 bits per heavy atom. The molecule has 1 unspecified atom stereocenters. The second kappa shape index (κ2) is 7.55. The predicted molar refractivity (Wildman–Crippen MR) is 79.6 cm³/mol. The molecule has 1 aromatic carbocycles. The molecule has 0 aliphatic carbocycles. The first kappa shape index (κ1) is 15.2. The van der Waals surface area contributed by atoms with E-state index >= 15 is 0 Å². The van der Waals surface area contributed by atoms with Gasteiger partial charge in [-0.3, -0.25) is 14.6 Å². The average molecular weight is 285 g/mol. The Kier molecular flexibility index (Phi) is 5.47. The van der Waals surface area contributed by atoms with Crippen LogP contribution in [0.15, 0.2) is 30.3 Å². The van der Waals surface area contributed by atoms with Gasteiger partial charge in [0.15, 0.2) is 0 Å². The molecule has 110 valence electrons. The minimum absolute atomic E-state index is 0.0210. The number of para-hydroxylation sites is 1. The lowest BCUT2D eigenvalue weighted by molar-refractivity contribution is -0.121. The summed E-state index contributed by atoms with van der Waals surface area (Å²) in [5, 5.41) is 8.93. The number of anilines is 1. The van der Waals surface area contributed by atoms with E-state index in [2.05, 4.69) is 0 Å². The number of benzene rings is 1. The Labute approximate surface area is 124 Å². The van der Waals surface area contributed by atoms with Gasteiger partial charge in [-0.25, -0.2) is 0 Å². The van der Waals surface area contributed by atoms with Crippen molar-refractivity contribution in [1.29, 1.82) is 5.26 Å². The van der Waals surface area contributed by atoms with Crippen LogP contribution in [0.1, 0.15) is 12.8 Å². The standard InChI is InChI=1S/C16H19N3O2/c17-8-10-19(15-6-2-1-3-7-15)16(21)12-18-9-4-5-14(11-18)13-20/h1-3,6-7,13-14H,4-5,9-12H2. The first-order valence-electron chi connectivity index (χ1n) is 7.14. The number of rotatable bonds is 5. The molecule has 0 saturated carbocycles. The number of hydrogen-bond acceptors (Lipinski definition) is 4. The van der Waals surface area contributed by atoms with E-state index in [1.165, 1.54) is 4.90 Å². The summed E-state index contributed by atoms with van der Waals surface area (Å²) in [5.41, 5.74) is 0.730. The highest BCUT2D eigenvalue weighted by atomic mass is 16.2. The van der Waals surface area contributed by atoms with Crippen molar-refractivity contribution in [3.8, 4) is 6.07 Å². The number of likely N-dealkylation sites (tertiary alicyclic amines) is 1. The van der Waals surface area contributed by atoms with Crippen molar-refractivity contribution >= 4 is 17.9 Å². The summed E-state index contributed by atoms with van der Waals surface area (Å²) >= 11 is 0. The maximum atomic E-state index is 12.4. The molecule has 0 bridgehead atoms. The third kappa shape index (κ3) is 4.14. The molecule has 1 aliphatic heterocycles. The zero-order valence-corrected chi connectivity index (χ0v) is 11.9. The summed E-state index contributed by atoms with van der Waals surface area (Å²) in [7, 11) is 0. The van der Waals surface area contributed by atoms with E-state index in [-0.39, 0.29) is 24.9 Å². The monoisotopic (exact) mass is 285 g/mol. The third-order valence-corrected chi connectivity index (χ3v) is 3.69. The van der Waals surface area contributed by atoms with Crippen LogP contribution >= 0.6 is 0 Å². The Hall–Kier alpha value is -2.19. The van der Waals surface area contributed by atoms with Gasteiger partial charge in [-0.2, -0.15) is 5.26 Å². The summed E-state index contributed by atoms with van der Waals surface area (Å²) in [5.74, 6) is -0.0815. The van der Waals surface area contributed by atoms with E-state index in [9.17, 15) is 9.59 Å². The largest absolute Gasteiger partial charge is 0.303 e. The normalized spacial score (nSPS) is 18.7. The minimum atomic E-state index is -0.103. The highest BCUT2D eigenvalue weighted by Gasteiger charge is 2.23. The van der Waals surface area contributed by atoms with E-state index in [1.54, 1.807) is 0 Å². The van der Waals surface area contributed by atoms with Gasteiger partial charge in [0.05, 0.1) is 12.6 Å². The molecule has 0 aromatic heterocycles. The maximum absolute atomic E-state index is 12.4. The van der Waals surface area contributed by atoms with Crippen LogP contribution in [0.2, 0.25) is 0 Å². The van der Waals surface area contributed by atoms with Crippen LogP contribution in [0, 0.1) is 17.2 Å². The third-order valence-electron chi connectivity index (χ3n) is 3.69. The number of nitriles is 1. The molecule has 1 heterocycles. The quantitative estimate of drug-likeness (QED) is 0.607. The number of piperidine rings is 1. The van der Waals surface area contributed by atoms with Crippen molar-refractivity contribution in [3.63, 3.8) is 0 Å². The molecule has 1 amide bonds. The first-order valence-corrected chi connectivity index (χ1v) is 7.14. The molecule has 2 rings (SSSR count). The fourth-order valence-corrected chi connectivity index (χ4v) is 2.62. The van der Waals surface area contributed by atoms with Crippen molar-refractivity contribution in [3.05, 3.63) is 30.3 Å². The summed E-state index contributed by atoms with van der Waals surface area (Å²) in [4.78, 5) is 26.8. The van der Waals surface area contributed by atoms with E-state index in [0.29, 0.717) is 6.54 Å². The molecule has 1 aromatic rings. The van der Waals surface area contributed by atoms with Crippen molar-refractivity contribution in [1.82, 2.24) is 4.90 Å². The topological polar surface area (TPSA) is 64.4 Å². The number of nitrogens with zero attached hydrogens (tertiary/aromatic N) is 3. The Morgan fingerprint density at radius 2 is 2.19 bits per heavy atom. The second-order valence-electron chi connectivity index (χ2n) is 5.25. The zero-order chi connectivity index (χ0) is 15.1. The van der Waals surface area contributed by atoms with Crippen molar-refractivity contribution in [2.75, 3.05) is 31.1 Å². The SMILES string of the molecule is N#CCN(C(=O)CN1CCCC(C=O)C1)c1ccccc1. The zero-order valence-electron chi connectivity index (χ0n) is 11.9. The molecule has 5 nitrogen and oxygen atoms in total. The number of amides is 1. The maximum Gasteiger partial charge on any atom is 0.242 e. The molecule has 21 heavy (non-hydrogen) atoms. The van der Waals surface area contributed by atoms with Gasteiger partial charge in [-0.05, 0) is 31.5 Å². The van der Waals surface area contributed by atoms with Crippen LogP contribution in [0.3, 0.4) is 0 Å². The van der Waals surface area contributed by atoms with Crippen LogP contribution in [0.4, 0.5) is 5.69 Å². The van der Waals surface area contributed by atoms with Gasteiger partial charge in [-0.15, -0.1) is 0 Å². The van der Waals surface area contributed by atoms with Crippen LogP contribution in [0.25, 0.3) is 0 Å². The van der Waals surface area contributed by atoms with Gasteiger partial charge in [-0.1, -0.05) is 18.2 Å². The van der Waals surface area contributed by atoms with E-state index in [1.807, 2.05) is 41.3 Å². The Bertz CT molecular complexity index is 524. The lowest BCUT2D eigenvalue weighted by atomic mass is 10.00. The van der Waals surface area contributed by atoms with Crippen LogP contribution in [-0.2, 0) is 9.59 Å². The van der Waals surface area contributed by atoms with Gasteiger partial charge in [0.1, 0.15) is 12.8 Å². The van der Waals surface area contributed by atoms with Gasteiger partial charge in [0.2, 0.25) is 5.91 Å². The fourth-order valence-electron chi connectivity index (χ4n) is 2.62. The summed E-state index contributed by atoms with van der Waals surface area (Å²) < 4.78 is 0. The Morgan fingerprint density at radius 3 is 2.86 bits per heavy atom. The van der Waals surface area contributed by atoms with Crippen molar-refractivity contribution in [2.24, 2.45) is 5.92 Å². The van der Waals surface area contributed by atoms with Crippen LogP contribution < -0.4 is 4.90 Å². The van der Waals surface area contributed by atoms with E-state index < -0.39 is 0 Å². The summed E-state index contributed by atoms with van der Waals surface area (Å²) in [6, 6.07) is 11.2. The molecule has 0 radical (unpaired) electrons. The van der Waals surface area contributed by atoms with Gasteiger partial charge in [0, 0.05) is 18.2 Å². The van der Waals surface area contributed by atoms with Gasteiger partial charge in [0.25, 0.3) is 0 Å². The Balaban J connectivity index is 2.02. The van der Waals surface area contributed by atoms with E-state index in [0.717, 1.165) is 31.4 Å². The molecular formula is C16H19N3O2. The first-order chi connectivity index (χ1) is 10.2. The highest BCUT2D eigenvalue weighted by molar-refractivity contribution is 5.95. The molecular weight excluding hydrogens is 266 g/mol. The van der Waals surface area contributed by atoms with Crippen molar-refractivity contribution < 1.29 is 9.59 Å². The van der Waals surface area contributed by atoms with Gasteiger partial charge >= 0.3 is 0 Å². The van der Waals surface area contributed by atoms with Crippen LogP contribution in [-0.4, -0.2) is 43.3 Å². The summed E-state index contributed by atoms with van der Waals surface area (Å²) in [6.45, 7) is 1.74. The lowest BCUT2D eigenvalue weighted by Crippen LogP contribution is -2.44. The average Bonchev–Trinajstić information content (AvgIpc) is 2.53.